The Morgan fingerprint density at radius 1 is 1.09 bits per heavy atom. The highest BCUT2D eigenvalue weighted by atomic mass is 35.5. The van der Waals surface area contributed by atoms with E-state index in [0.29, 0.717) is 28.9 Å². The minimum atomic E-state index is -1.12. The van der Waals surface area contributed by atoms with Gasteiger partial charge in [0.2, 0.25) is 5.95 Å². The van der Waals surface area contributed by atoms with Crippen LogP contribution >= 0.6 is 24.8 Å². The smallest absolute Gasteiger partial charge is 0.243 e. The molecule has 12 heteroatoms. The Morgan fingerprint density at radius 2 is 1.84 bits per heavy atom. The van der Waals surface area contributed by atoms with Gasteiger partial charge in [-0.25, -0.2) is 9.37 Å². The number of aromatic hydroxyl groups is 1. The Morgan fingerprint density at radius 3 is 2.44 bits per heavy atom. The molecule has 3 aromatic rings. The van der Waals surface area contributed by atoms with Crippen molar-refractivity contribution < 1.29 is 9.50 Å². The molecule has 2 aromatic heterocycles. The fourth-order valence-electron chi connectivity index (χ4n) is 4.15. The lowest BCUT2D eigenvalue weighted by atomic mass is 9.78. The molecule has 3 heterocycles. The van der Waals surface area contributed by atoms with Crippen molar-refractivity contribution in [3.05, 3.63) is 30.6 Å². The van der Waals surface area contributed by atoms with Gasteiger partial charge < -0.3 is 15.7 Å². The van der Waals surface area contributed by atoms with Crippen molar-refractivity contribution >= 4 is 30.8 Å². The quantitative estimate of drug-likeness (QED) is 0.443. The molecule has 4 N–H and O–H groups in total. The normalized spacial score (nSPS) is 21.2. The van der Waals surface area contributed by atoms with Gasteiger partial charge in [0.05, 0.1) is 18.4 Å². The molecule has 174 valence electrons. The first-order chi connectivity index (χ1) is 14.1. The van der Waals surface area contributed by atoms with Gasteiger partial charge in [-0.2, -0.15) is 15.4 Å². The van der Waals surface area contributed by atoms with E-state index in [1.807, 2.05) is 27.7 Å². The lowest BCUT2D eigenvalue weighted by Crippen LogP contribution is -2.67. The van der Waals surface area contributed by atoms with Crippen LogP contribution in [0.2, 0.25) is 0 Å². The monoisotopic (exact) mass is 484 g/mol. The number of piperidine rings is 1. The molecule has 1 fully saturated rings. The van der Waals surface area contributed by atoms with E-state index >= 15 is 0 Å². The third kappa shape index (κ3) is 5.25. The van der Waals surface area contributed by atoms with E-state index in [1.165, 1.54) is 6.20 Å². The third-order valence-corrected chi connectivity index (χ3v) is 5.29. The van der Waals surface area contributed by atoms with Gasteiger partial charge in [0.15, 0.2) is 0 Å². The van der Waals surface area contributed by atoms with E-state index in [4.69, 9.17) is 0 Å². The highest BCUT2D eigenvalue weighted by Gasteiger charge is 2.46. The standard InChI is InChI=1S/C20H25FN8O.2ClH/c1-19(2)8-13(17(21)20(3,4)28-19)24-18-22-9-15(25-27-18)12-6-5-11(7-16(12)30)14-10-23-29-26-14;;/h5-7,9-10,13,17,28,30H,8H2,1-4H3,(H,22,24,27)(H,23,26,29);2*1H/t13-,17-;;/m0../s1. The summed E-state index contributed by atoms with van der Waals surface area (Å²) < 4.78 is 15.0. The van der Waals surface area contributed by atoms with Crippen LogP contribution in [0.5, 0.6) is 5.75 Å². The second-order valence-corrected chi connectivity index (χ2v) is 8.84. The molecular weight excluding hydrogens is 458 g/mol. The van der Waals surface area contributed by atoms with E-state index < -0.39 is 17.8 Å². The molecule has 0 amide bonds. The number of phenolic OH excluding ortho intramolecular Hbond substituents is 1. The van der Waals surface area contributed by atoms with Gasteiger partial charge in [0.1, 0.15) is 23.3 Å². The zero-order valence-electron chi connectivity index (χ0n) is 18.1. The van der Waals surface area contributed by atoms with Crippen molar-refractivity contribution in [2.24, 2.45) is 0 Å². The molecule has 32 heavy (non-hydrogen) atoms. The summed E-state index contributed by atoms with van der Waals surface area (Å²) in [5.74, 6) is 0.275. The molecule has 4 rings (SSSR count). The van der Waals surface area contributed by atoms with Crippen molar-refractivity contribution in [1.82, 2.24) is 35.9 Å². The molecule has 0 spiro atoms. The second kappa shape index (κ2) is 9.51. The van der Waals surface area contributed by atoms with E-state index in [2.05, 4.69) is 41.2 Å². The minimum Gasteiger partial charge on any atom is -0.507 e. The molecule has 0 aliphatic carbocycles. The van der Waals surface area contributed by atoms with E-state index in [0.717, 1.165) is 0 Å². The first-order valence-electron chi connectivity index (χ1n) is 9.74. The molecular formula is C20H27Cl2FN8O. The van der Waals surface area contributed by atoms with Gasteiger partial charge in [-0.15, -0.1) is 35.0 Å². The van der Waals surface area contributed by atoms with Crippen LogP contribution in [-0.2, 0) is 0 Å². The van der Waals surface area contributed by atoms with Crippen LogP contribution in [0.3, 0.4) is 0 Å². The van der Waals surface area contributed by atoms with E-state index in [9.17, 15) is 9.50 Å². The lowest BCUT2D eigenvalue weighted by molar-refractivity contribution is 0.0654. The summed E-state index contributed by atoms with van der Waals surface area (Å²) in [6.07, 6.45) is 2.53. The molecule has 1 saturated heterocycles. The van der Waals surface area contributed by atoms with Crippen LogP contribution in [-0.4, -0.2) is 59.0 Å². The van der Waals surface area contributed by atoms with Crippen molar-refractivity contribution in [3.63, 3.8) is 0 Å². The SMILES string of the molecule is CC1(C)C[C@H](Nc2ncc(-c3ccc(-c4cn[nH]n4)cc3O)nn2)[C@H](F)C(C)(C)N1.Cl.Cl. The molecule has 1 aliphatic rings. The lowest BCUT2D eigenvalue weighted by Gasteiger charge is -2.48. The number of benzene rings is 1. The first-order valence-corrected chi connectivity index (χ1v) is 9.74. The highest BCUT2D eigenvalue weighted by Crippen LogP contribution is 2.33. The van der Waals surface area contributed by atoms with Crippen LogP contribution < -0.4 is 10.6 Å². The number of hydrogen-bond donors (Lipinski definition) is 4. The molecule has 0 unspecified atom stereocenters. The maximum atomic E-state index is 15.0. The maximum absolute atomic E-state index is 15.0. The number of nitrogens with zero attached hydrogens (tertiary/aromatic N) is 5. The zero-order chi connectivity index (χ0) is 21.5. The van der Waals surface area contributed by atoms with Crippen LogP contribution in [0, 0.1) is 0 Å². The molecule has 0 saturated carbocycles. The molecule has 0 radical (unpaired) electrons. The predicted molar refractivity (Wildman–Crippen MR) is 125 cm³/mol. The number of alkyl halides is 1. The summed E-state index contributed by atoms with van der Waals surface area (Å²) in [6, 6.07) is 4.65. The number of phenols is 1. The summed E-state index contributed by atoms with van der Waals surface area (Å²) in [6.45, 7) is 7.79. The predicted octanol–water partition coefficient (Wildman–Crippen LogP) is 3.54. The zero-order valence-corrected chi connectivity index (χ0v) is 19.8. The highest BCUT2D eigenvalue weighted by molar-refractivity contribution is 5.85. The van der Waals surface area contributed by atoms with Gasteiger partial charge in [0, 0.05) is 22.2 Å². The van der Waals surface area contributed by atoms with Crippen molar-refractivity contribution in [1.29, 1.82) is 0 Å². The number of rotatable bonds is 4. The number of nitrogens with one attached hydrogen (secondary N) is 3. The fourth-order valence-corrected chi connectivity index (χ4v) is 4.15. The number of aromatic amines is 1. The average molecular weight is 485 g/mol. The largest absolute Gasteiger partial charge is 0.507 e. The van der Waals surface area contributed by atoms with E-state index in [-0.39, 0.29) is 42.1 Å². The van der Waals surface area contributed by atoms with Crippen LogP contribution in [0.25, 0.3) is 22.5 Å². The Kier molecular flexibility index (Phi) is 7.64. The number of H-pyrrole nitrogens is 1. The average Bonchev–Trinajstić information content (AvgIpc) is 3.20. The van der Waals surface area contributed by atoms with Crippen molar-refractivity contribution in [3.8, 4) is 28.3 Å². The topological polar surface area (TPSA) is 125 Å². The fraction of sp³-hybridized carbons (Fsp3) is 0.450. The Bertz CT molecular complexity index is 1030. The van der Waals surface area contributed by atoms with Crippen LogP contribution in [0.1, 0.15) is 34.1 Å². The number of aromatic nitrogens is 6. The summed E-state index contributed by atoms with van der Waals surface area (Å²) in [7, 11) is 0. The Labute approximate surface area is 197 Å². The second-order valence-electron chi connectivity index (χ2n) is 8.84. The number of hydrogen-bond acceptors (Lipinski definition) is 8. The van der Waals surface area contributed by atoms with Gasteiger partial charge in [-0.05, 0) is 46.2 Å². The maximum Gasteiger partial charge on any atom is 0.243 e. The van der Waals surface area contributed by atoms with E-state index in [1.54, 1.807) is 24.4 Å². The molecule has 1 aliphatic heterocycles. The Hall–Kier alpha value is -2.56. The molecule has 9 nitrogen and oxygen atoms in total. The van der Waals surface area contributed by atoms with Gasteiger partial charge >= 0.3 is 0 Å². The molecule has 0 bridgehead atoms. The number of anilines is 1. The summed E-state index contributed by atoms with van der Waals surface area (Å²) in [4.78, 5) is 4.28. The molecule has 2 atom stereocenters. The van der Waals surface area contributed by atoms with Gasteiger partial charge in [0.25, 0.3) is 0 Å². The van der Waals surface area contributed by atoms with Crippen molar-refractivity contribution in [2.45, 2.75) is 57.4 Å². The molecule has 1 aromatic carbocycles. The summed E-state index contributed by atoms with van der Waals surface area (Å²) >= 11 is 0. The van der Waals surface area contributed by atoms with Gasteiger partial charge in [-0.1, -0.05) is 6.07 Å². The minimum absolute atomic E-state index is 0. The summed E-state index contributed by atoms with van der Waals surface area (Å²) in [5.41, 5.74) is 1.33. The first kappa shape index (κ1) is 25.7. The Balaban J connectivity index is 0.00000181. The summed E-state index contributed by atoms with van der Waals surface area (Å²) in [5, 5.41) is 35.4. The third-order valence-electron chi connectivity index (χ3n) is 5.29. The van der Waals surface area contributed by atoms with Crippen LogP contribution in [0.15, 0.2) is 30.6 Å². The van der Waals surface area contributed by atoms with Crippen LogP contribution in [0.4, 0.5) is 10.3 Å². The number of halogens is 3. The van der Waals surface area contributed by atoms with Crippen molar-refractivity contribution in [2.75, 3.05) is 5.32 Å². The van der Waals surface area contributed by atoms with Gasteiger partial charge in [-0.3, -0.25) is 0 Å².